The van der Waals surface area contributed by atoms with Gasteiger partial charge in [-0.2, -0.15) is 0 Å². The molecule has 1 aromatic heterocycles. The fourth-order valence-electron chi connectivity index (χ4n) is 4.79. The van der Waals surface area contributed by atoms with Crippen molar-refractivity contribution >= 4 is 23.2 Å². The van der Waals surface area contributed by atoms with Crippen LogP contribution in [0.15, 0.2) is 47.8 Å². The van der Waals surface area contributed by atoms with Crippen molar-refractivity contribution in [2.75, 3.05) is 19.7 Å². The van der Waals surface area contributed by atoms with Crippen molar-refractivity contribution in [3.8, 4) is 5.75 Å². The smallest absolute Gasteiger partial charge is 0.270 e. The van der Waals surface area contributed by atoms with Gasteiger partial charge in [-0.05, 0) is 60.2 Å². The minimum Gasteiger partial charge on any atom is -0.486 e. The predicted octanol–water partition coefficient (Wildman–Crippen LogP) is 4.26. The number of hydrogen-bond donors (Lipinski definition) is 1. The first kappa shape index (κ1) is 24.4. The number of hydrogen-bond acceptors (Lipinski definition) is 6. The van der Waals surface area contributed by atoms with Crippen LogP contribution in [0.25, 0.3) is 0 Å². The molecular formula is C27H28FN3O4S. The van der Waals surface area contributed by atoms with Gasteiger partial charge in [0.15, 0.2) is 0 Å². The maximum Gasteiger partial charge on any atom is 0.270 e. The monoisotopic (exact) mass is 509 g/mol. The maximum atomic E-state index is 14.0. The molecule has 1 fully saturated rings. The molecule has 188 valence electrons. The van der Waals surface area contributed by atoms with Gasteiger partial charge in [0.05, 0.1) is 12.1 Å². The molecule has 0 radical (unpaired) electrons. The highest BCUT2D eigenvalue weighted by Gasteiger charge is 2.31. The molecule has 36 heavy (non-hydrogen) atoms. The number of nitrogens with one attached hydrogen (secondary N) is 1. The average Bonchev–Trinajstić information content (AvgIpc) is 3.57. The van der Waals surface area contributed by atoms with Gasteiger partial charge in [0.2, 0.25) is 5.91 Å². The molecular weight excluding hydrogens is 481 g/mol. The van der Waals surface area contributed by atoms with Gasteiger partial charge in [-0.1, -0.05) is 18.2 Å². The van der Waals surface area contributed by atoms with Crippen LogP contribution in [-0.2, 0) is 22.6 Å². The van der Waals surface area contributed by atoms with E-state index in [1.807, 2.05) is 24.3 Å². The molecule has 0 spiro atoms. The van der Waals surface area contributed by atoms with E-state index < -0.39 is 0 Å². The first-order valence-corrected chi connectivity index (χ1v) is 13.0. The number of rotatable bonds is 7. The third kappa shape index (κ3) is 5.42. The van der Waals surface area contributed by atoms with E-state index in [1.165, 1.54) is 30.4 Å². The molecule has 3 heterocycles. The Bertz CT molecular complexity index is 1260. The quantitative estimate of drug-likeness (QED) is 0.515. The number of carbonyl (C=O) groups excluding carboxylic acids is 2. The van der Waals surface area contributed by atoms with Gasteiger partial charge in [-0.15, -0.1) is 11.3 Å². The van der Waals surface area contributed by atoms with Gasteiger partial charge in [0.1, 0.15) is 28.9 Å². The first-order valence-electron chi connectivity index (χ1n) is 12.1. The number of nitrogens with zero attached hydrogens (tertiary/aromatic N) is 2. The fourth-order valence-corrected chi connectivity index (χ4v) is 5.47. The highest BCUT2D eigenvalue weighted by molar-refractivity contribution is 7.09. The van der Waals surface area contributed by atoms with Crippen LogP contribution in [-0.4, -0.2) is 47.5 Å². The lowest BCUT2D eigenvalue weighted by Crippen LogP contribution is -2.39. The number of benzene rings is 2. The average molecular weight is 510 g/mol. The van der Waals surface area contributed by atoms with Crippen LogP contribution in [0.1, 0.15) is 58.0 Å². The van der Waals surface area contributed by atoms with Crippen LogP contribution in [0.3, 0.4) is 0 Å². The lowest BCUT2D eigenvalue weighted by molar-refractivity contribution is -0.130. The van der Waals surface area contributed by atoms with E-state index >= 15 is 0 Å². The summed E-state index contributed by atoms with van der Waals surface area (Å²) >= 11 is 1.36. The van der Waals surface area contributed by atoms with Crippen molar-refractivity contribution < 1.29 is 23.5 Å². The molecule has 1 saturated heterocycles. The molecule has 2 aliphatic rings. The molecule has 2 amide bonds. The van der Waals surface area contributed by atoms with Crippen molar-refractivity contribution in [3.63, 3.8) is 0 Å². The van der Waals surface area contributed by atoms with Gasteiger partial charge < -0.3 is 19.7 Å². The van der Waals surface area contributed by atoms with E-state index in [1.54, 1.807) is 16.3 Å². The molecule has 2 aliphatic heterocycles. The Labute approximate surface area is 213 Å². The van der Waals surface area contributed by atoms with Crippen molar-refractivity contribution in [2.45, 2.75) is 44.9 Å². The van der Waals surface area contributed by atoms with Gasteiger partial charge in [-0.3, -0.25) is 9.59 Å². The lowest BCUT2D eigenvalue weighted by Gasteiger charge is -2.37. The minimum absolute atomic E-state index is 0.0608. The third-order valence-corrected chi connectivity index (χ3v) is 7.40. The summed E-state index contributed by atoms with van der Waals surface area (Å²) in [6, 6.07) is 11.8. The summed E-state index contributed by atoms with van der Waals surface area (Å²) in [4.78, 5) is 31.0. The van der Waals surface area contributed by atoms with Crippen molar-refractivity contribution in [1.82, 2.24) is 15.2 Å². The number of halogens is 1. The molecule has 1 N–H and O–H groups in total. The van der Waals surface area contributed by atoms with Crippen molar-refractivity contribution in [1.29, 1.82) is 0 Å². The second kappa shape index (κ2) is 10.8. The molecule has 9 heteroatoms. The topological polar surface area (TPSA) is 80.8 Å². The highest BCUT2D eigenvalue weighted by atomic mass is 32.1. The van der Waals surface area contributed by atoms with Gasteiger partial charge >= 0.3 is 0 Å². The first-order chi connectivity index (χ1) is 17.5. The Morgan fingerprint density at radius 3 is 2.94 bits per heavy atom. The van der Waals surface area contributed by atoms with E-state index in [0.717, 1.165) is 42.6 Å². The molecule has 0 aliphatic carbocycles. The molecule has 0 bridgehead atoms. The number of ether oxygens (including phenoxy) is 2. The Hall–Kier alpha value is -3.30. The zero-order chi connectivity index (χ0) is 25.1. The largest absolute Gasteiger partial charge is 0.486 e. The van der Waals surface area contributed by atoms with E-state index in [-0.39, 0.29) is 36.4 Å². The third-order valence-electron chi connectivity index (χ3n) is 6.58. The summed E-state index contributed by atoms with van der Waals surface area (Å²) in [5.41, 5.74) is 3.12. The van der Waals surface area contributed by atoms with E-state index in [0.29, 0.717) is 29.5 Å². The molecule has 2 aromatic carbocycles. The number of amides is 2. The van der Waals surface area contributed by atoms with Crippen LogP contribution in [0, 0.1) is 5.82 Å². The van der Waals surface area contributed by atoms with Crippen LogP contribution >= 0.6 is 11.3 Å². The standard InChI is InChI=1S/C27H28FN3O4S/c1-17(32)31-10-9-18-7-8-21(13-23(18)26(31)19-4-2-5-20(28)12-19)35-15-25-30-24(16-36-25)27(33)29-14-22-6-3-11-34-22/h2,4-5,7-8,12-13,16,22,26H,3,6,9-11,14-15H2,1H3,(H,29,33)/t22-,26+/m1/s1. The summed E-state index contributed by atoms with van der Waals surface area (Å²) < 4.78 is 25.6. The summed E-state index contributed by atoms with van der Waals surface area (Å²) in [6.45, 7) is 3.55. The summed E-state index contributed by atoms with van der Waals surface area (Å²) in [5.74, 6) is 0.00778. The molecule has 3 aromatic rings. The summed E-state index contributed by atoms with van der Waals surface area (Å²) in [7, 11) is 0. The van der Waals surface area contributed by atoms with Gasteiger partial charge in [0.25, 0.3) is 5.91 Å². The highest BCUT2D eigenvalue weighted by Crippen LogP contribution is 2.37. The molecule has 7 nitrogen and oxygen atoms in total. The van der Waals surface area contributed by atoms with E-state index in [2.05, 4.69) is 10.3 Å². The Kier molecular flexibility index (Phi) is 7.29. The summed E-state index contributed by atoms with van der Waals surface area (Å²) in [5, 5.41) is 5.29. The Morgan fingerprint density at radius 2 is 2.17 bits per heavy atom. The van der Waals surface area contributed by atoms with Gasteiger partial charge in [0, 0.05) is 32.0 Å². The second-order valence-corrected chi connectivity index (χ2v) is 9.98. The zero-order valence-corrected chi connectivity index (χ0v) is 20.9. The van der Waals surface area contributed by atoms with Crippen molar-refractivity contribution in [3.05, 3.63) is 81.1 Å². The Morgan fingerprint density at radius 1 is 1.28 bits per heavy atom. The zero-order valence-electron chi connectivity index (χ0n) is 20.0. The Balaban J connectivity index is 1.29. The normalized spacial score (nSPS) is 19.1. The number of aromatic nitrogens is 1. The van der Waals surface area contributed by atoms with Crippen LogP contribution < -0.4 is 10.1 Å². The van der Waals surface area contributed by atoms with Crippen LogP contribution in [0.5, 0.6) is 5.75 Å². The minimum atomic E-state index is -0.385. The molecule has 5 rings (SSSR count). The van der Waals surface area contributed by atoms with Crippen LogP contribution in [0.4, 0.5) is 4.39 Å². The second-order valence-electron chi connectivity index (χ2n) is 9.04. The fraction of sp³-hybridized carbons (Fsp3) is 0.370. The maximum absolute atomic E-state index is 14.0. The lowest BCUT2D eigenvalue weighted by atomic mass is 9.88. The van der Waals surface area contributed by atoms with E-state index in [9.17, 15) is 14.0 Å². The van der Waals surface area contributed by atoms with E-state index in [4.69, 9.17) is 9.47 Å². The molecule has 0 saturated carbocycles. The van der Waals surface area contributed by atoms with Gasteiger partial charge in [-0.25, -0.2) is 9.37 Å². The molecule has 2 atom stereocenters. The van der Waals surface area contributed by atoms with Crippen molar-refractivity contribution in [2.24, 2.45) is 0 Å². The molecule has 0 unspecified atom stereocenters. The van der Waals surface area contributed by atoms with Crippen LogP contribution in [0.2, 0.25) is 0 Å². The SMILES string of the molecule is CC(=O)N1CCc2ccc(OCc3nc(C(=O)NC[C@H]4CCCO4)cs3)cc2[C@@H]1c1cccc(F)c1. The summed E-state index contributed by atoms with van der Waals surface area (Å²) in [6.07, 6.45) is 2.78. The number of fused-ring (bicyclic) bond motifs is 1. The predicted molar refractivity (Wildman–Crippen MR) is 134 cm³/mol. The number of carbonyl (C=O) groups is 2. The number of thiazole rings is 1.